The normalized spacial score (nSPS) is 11.1. The lowest BCUT2D eigenvalue weighted by Gasteiger charge is -2.02. The molecule has 0 aromatic carbocycles. The second kappa shape index (κ2) is 5.06. The first-order valence-electron chi connectivity index (χ1n) is 6.17. The van der Waals surface area contributed by atoms with E-state index in [0.717, 1.165) is 16.5 Å². The Morgan fingerprint density at radius 1 is 1.50 bits per heavy atom. The molecule has 0 saturated carbocycles. The Morgan fingerprint density at radius 3 is 3.10 bits per heavy atom. The van der Waals surface area contributed by atoms with Gasteiger partial charge in [-0.3, -0.25) is 9.20 Å². The average molecular weight is 290 g/mol. The average Bonchev–Trinajstić information content (AvgIpc) is 3.14. The Labute approximate surface area is 119 Å². The summed E-state index contributed by atoms with van der Waals surface area (Å²) in [6.07, 6.45) is 4.39. The molecule has 0 aliphatic rings. The minimum absolute atomic E-state index is 0.217. The summed E-state index contributed by atoms with van der Waals surface area (Å²) in [5, 5.41) is 8.79. The molecule has 7 nitrogen and oxygen atoms in total. The highest BCUT2D eigenvalue weighted by Gasteiger charge is 2.16. The fourth-order valence-electron chi connectivity index (χ4n) is 2.06. The summed E-state index contributed by atoms with van der Waals surface area (Å²) in [6, 6.07) is 1.67. The first-order chi connectivity index (χ1) is 9.74. The Morgan fingerprint density at radius 2 is 2.35 bits per heavy atom. The molecule has 104 valence electrons. The van der Waals surface area contributed by atoms with Gasteiger partial charge in [-0.1, -0.05) is 0 Å². The van der Waals surface area contributed by atoms with E-state index in [1.165, 1.54) is 0 Å². The molecule has 1 amide bonds. The number of thiazole rings is 1. The number of hydrogen-bond acceptors (Lipinski definition) is 5. The standard InChI is InChI=1S/C12H14N6OS/c1-14-11(19)8-3-5-18(16-8)10-9(2-4-13)17-6-7-20-12(17)15-10/h3,5-7H,2,4,13H2,1H3,(H,14,19). The Kier molecular flexibility index (Phi) is 3.25. The lowest BCUT2D eigenvalue weighted by Crippen LogP contribution is -2.18. The smallest absolute Gasteiger partial charge is 0.271 e. The van der Waals surface area contributed by atoms with Crippen molar-refractivity contribution in [1.29, 1.82) is 0 Å². The topological polar surface area (TPSA) is 90.2 Å². The number of carbonyl (C=O) groups excluding carboxylic acids is 1. The highest BCUT2D eigenvalue weighted by molar-refractivity contribution is 7.15. The van der Waals surface area contributed by atoms with Gasteiger partial charge in [0.05, 0.1) is 5.69 Å². The van der Waals surface area contributed by atoms with Crippen LogP contribution < -0.4 is 11.1 Å². The predicted octanol–water partition coefficient (Wildman–Crippen LogP) is 0.442. The number of carbonyl (C=O) groups is 1. The molecule has 3 aromatic rings. The van der Waals surface area contributed by atoms with Crippen molar-refractivity contribution in [2.24, 2.45) is 5.73 Å². The van der Waals surface area contributed by atoms with Gasteiger partial charge in [0.15, 0.2) is 16.5 Å². The molecule has 0 radical (unpaired) electrons. The third-order valence-electron chi connectivity index (χ3n) is 2.99. The van der Waals surface area contributed by atoms with Crippen molar-refractivity contribution in [3.63, 3.8) is 0 Å². The van der Waals surface area contributed by atoms with E-state index >= 15 is 0 Å². The number of hydrogen-bond donors (Lipinski definition) is 2. The Balaban J connectivity index is 2.08. The summed E-state index contributed by atoms with van der Waals surface area (Å²) in [7, 11) is 1.58. The van der Waals surface area contributed by atoms with Crippen molar-refractivity contribution in [2.75, 3.05) is 13.6 Å². The number of fused-ring (bicyclic) bond motifs is 1. The van der Waals surface area contributed by atoms with Crippen molar-refractivity contribution >= 4 is 22.2 Å². The van der Waals surface area contributed by atoms with Crippen molar-refractivity contribution in [3.05, 3.63) is 35.2 Å². The molecule has 0 bridgehead atoms. The summed E-state index contributed by atoms with van der Waals surface area (Å²) in [4.78, 5) is 17.0. The van der Waals surface area contributed by atoms with E-state index in [2.05, 4.69) is 15.4 Å². The van der Waals surface area contributed by atoms with Crippen LogP contribution in [-0.4, -0.2) is 38.7 Å². The quantitative estimate of drug-likeness (QED) is 0.729. The lowest BCUT2D eigenvalue weighted by molar-refractivity contribution is 0.0957. The number of nitrogens with two attached hydrogens (primary N) is 1. The molecule has 20 heavy (non-hydrogen) atoms. The molecule has 3 N–H and O–H groups in total. The molecular weight excluding hydrogens is 276 g/mol. The van der Waals surface area contributed by atoms with E-state index in [1.807, 2.05) is 16.0 Å². The summed E-state index contributed by atoms with van der Waals surface area (Å²) in [6.45, 7) is 0.528. The van der Waals surface area contributed by atoms with Crippen LogP contribution in [0.4, 0.5) is 0 Å². The van der Waals surface area contributed by atoms with Crippen molar-refractivity contribution in [2.45, 2.75) is 6.42 Å². The van der Waals surface area contributed by atoms with Gasteiger partial charge in [-0.15, -0.1) is 11.3 Å². The van der Waals surface area contributed by atoms with E-state index < -0.39 is 0 Å². The number of aromatic nitrogens is 4. The van der Waals surface area contributed by atoms with Crippen LogP contribution in [0.5, 0.6) is 0 Å². The van der Waals surface area contributed by atoms with Gasteiger partial charge in [0.25, 0.3) is 5.91 Å². The lowest BCUT2D eigenvalue weighted by atomic mass is 10.3. The third-order valence-corrected chi connectivity index (χ3v) is 3.74. The number of rotatable bonds is 4. The van der Waals surface area contributed by atoms with E-state index in [4.69, 9.17) is 5.73 Å². The zero-order valence-corrected chi connectivity index (χ0v) is 11.7. The van der Waals surface area contributed by atoms with Crippen molar-refractivity contribution in [1.82, 2.24) is 24.5 Å². The number of amides is 1. The summed E-state index contributed by atoms with van der Waals surface area (Å²) >= 11 is 1.55. The highest BCUT2D eigenvalue weighted by Crippen LogP contribution is 2.20. The van der Waals surface area contributed by atoms with Gasteiger partial charge in [-0.25, -0.2) is 4.68 Å². The molecule has 0 fully saturated rings. The van der Waals surface area contributed by atoms with Crippen LogP contribution in [0.3, 0.4) is 0 Å². The van der Waals surface area contributed by atoms with Crippen LogP contribution >= 0.6 is 11.3 Å². The maximum absolute atomic E-state index is 11.6. The van der Waals surface area contributed by atoms with Gasteiger partial charge in [-0.05, 0) is 12.6 Å². The SMILES string of the molecule is CNC(=O)c1ccn(-c2nc3sccn3c2CCN)n1. The van der Waals surface area contributed by atoms with Gasteiger partial charge in [0.1, 0.15) is 0 Å². The maximum atomic E-state index is 11.6. The predicted molar refractivity (Wildman–Crippen MR) is 76.3 cm³/mol. The molecule has 8 heteroatoms. The van der Waals surface area contributed by atoms with Crippen molar-refractivity contribution in [3.8, 4) is 5.82 Å². The van der Waals surface area contributed by atoms with Gasteiger partial charge in [0, 0.05) is 31.2 Å². The van der Waals surface area contributed by atoms with E-state index in [-0.39, 0.29) is 5.91 Å². The second-order valence-corrected chi connectivity index (χ2v) is 5.07. The van der Waals surface area contributed by atoms with Crippen LogP contribution in [0.25, 0.3) is 10.8 Å². The molecule has 0 unspecified atom stereocenters. The second-order valence-electron chi connectivity index (χ2n) is 4.20. The van der Waals surface area contributed by atoms with E-state index in [9.17, 15) is 4.79 Å². The molecule has 0 saturated heterocycles. The van der Waals surface area contributed by atoms with E-state index in [1.54, 1.807) is 35.3 Å². The first-order valence-corrected chi connectivity index (χ1v) is 7.05. The molecule has 3 heterocycles. The van der Waals surface area contributed by atoms with Crippen LogP contribution in [0.2, 0.25) is 0 Å². The third kappa shape index (κ3) is 1.98. The molecule has 0 aliphatic heterocycles. The number of imidazole rings is 1. The summed E-state index contributed by atoms with van der Waals surface area (Å²) < 4.78 is 3.63. The van der Waals surface area contributed by atoms with Gasteiger partial charge in [0.2, 0.25) is 0 Å². The minimum atomic E-state index is -0.217. The van der Waals surface area contributed by atoms with Crippen LogP contribution in [0, 0.1) is 0 Å². The number of nitrogens with one attached hydrogen (secondary N) is 1. The number of nitrogens with zero attached hydrogens (tertiary/aromatic N) is 4. The van der Waals surface area contributed by atoms with E-state index in [0.29, 0.717) is 18.7 Å². The minimum Gasteiger partial charge on any atom is -0.354 e. The molecule has 3 rings (SSSR count). The Bertz CT molecular complexity index is 755. The molecular formula is C12H14N6OS. The fraction of sp³-hybridized carbons (Fsp3) is 0.250. The molecule has 0 spiro atoms. The van der Waals surface area contributed by atoms with Gasteiger partial charge >= 0.3 is 0 Å². The zero-order chi connectivity index (χ0) is 14.1. The van der Waals surface area contributed by atoms with Gasteiger partial charge in [-0.2, -0.15) is 10.1 Å². The van der Waals surface area contributed by atoms with Gasteiger partial charge < -0.3 is 11.1 Å². The summed E-state index contributed by atoms with van der Waals surface area (Å²) in [5.41, 5.74) is 7.03. The van der Waals surface area contributed by atoms with Crippen LogP contribution in [0.1, 0.15) is 16.2 Å². The molecule has 0 atom stereocenters. The Hall–Kier alpha value is -2.19. The monoisotopic (exact) mass is 290 g/mol. The fourth-order valence-corrected chi connectivity index (χ4v) is 2.79. The largest absolute Gasteiger partial charge is 0.354 e. The maximum Gasteiger partial charge on any atom is 0.271 e. The van der Waals surface area contributed by atoms with Crippen LogP contribution in [-0.2, 0) is 6.42 Å². The molecule has 0 aliphatic carbocycles. The highest BCUT2D eigenvalue weighted by atomic mass is 32.1. The first kappa shape index (κ1) is 12.8. The van der Waals surface area contributed by atoms with Crippen molar-refractivity contribution < 1.29 is 4.79 Å². The molecule has 3 aromatic heterocycles. The summed E-state index contributed by atoms with van der Waals surface area (Å²) in [5.74, 6) is 0.502. The zero-order valence-electron chi connectivity index (χ0n) is 10.9. The van der Waals surface area contributed by atoms with Crippen LogP contribution in [0.15, 0.2) is 23.8 Å².